The number of furan rings is 1. The molecule has 0 amide bonds. The molecule has 0 spiro atoms. The van der Waals surface area contributed by atoms with Crippen LogP contribution in [0, 0.1) is 0 Å². The van der Waals surface area contributed by atoms with Gasteiger partial charge in [0.15, 0.2) is 9.04 Å². The topological polar surface area (TPSA) is 48.7 Å². The summed E-state index contributed by atoms with van der Waals surface area (Å²) in [7, 11) is -1.25. The Balaban J connectivity index is 0.00000264. The van der Waals surface area contributed by atoms with E-state index in [1.165, 1.54) is 6.26 Å². The molecule has 1 unspecified atom stereocenters. The summed E-state index contributed by atoms with van der Waals surface area (Å²) in [5, 5.41) is 1.02. The van der Waals surface area contributed by atoms with E-state index < -0.39 is 9.04 Å². The zero-order chi connectivity index (χ0) is 16.3. The summed E-state index contributed by atoms with van der Waals surface area (Å²) in [5.74, 6) is -0.348. The van der Waals surface area contributed by atoms with Crippen molar-refractivity contribution in [1.82, 2.24) is 0 Å². The Morgan fingerprint density at radius 2 is 2.00 bits per heavy atom. The van der Waals surface area contributed by atoms with Crippen LogP contribution in [0.25, 0.3) is 11.0 Å². The van der Waals surface area contributed by atoms with Crippen LogP contribution < -0.4 is 0 Å². The minimum absolute atomic E-state index is 0. The van der Waals surface area contributed by atoms with Crippen LogP contribution in [0.5, 0.6) is 0 Å². The van der Waals surface area contributed by atoms with Gasteiger partial charge in [-0.15, -0.1) is 0 Å². The van der Waals surface area contributed by atoms with E-state index in [1.807, 2.05) is 18.2 Å². The zero-order valence-corrected chi connectivity index (χ0v) is 15.1. The number of rotatable bonds is 5. The standard InChI is InChI=1S/C17H24O4Si.CH4/c1-6-19-16(18)14-11-20-15-9-12(7-8-13(14)15)10-21-22(5)17(2,3)4;/h7-9,11,22H,6,10H2,1-5H3;1H4. The summed E-state index contributed by atoms with van der Waals surface area (Å²) in [6.45, 7) is 11.6. The number of carbonyl (C=O) groups is 1. The highest BCUT2D eigenvalue weighted by Gasteiger charge is 2.23. The predicted octanol–water partition coefficient (Wildman–Crippen LogP) is 4.92. The molecular weight excluding hydrogens is 308 g/mol. The SMILES string of the molecule is C.CCOC(=O)c1coc2cc(CO[SiH](C)C(C)(C)C)ccc12. The third kappa shape index (κ3) is 4.69. The van der Waals surface area contributed by atoms with Crippen LogP contribution in [0.2, 0.25) is 11.6 Å². The maximum Gasteiger partial charge on any atom is 0.342 e. The van der Waals surface area contributed by atoms with Gasteiger partial charge in [0, 0.05) is 5.39 Å². The smallest absolute Gasteiger partial charge is 0.342 e. The summed E-state index contributed by atoms with van der Waals surface area (Å²) in [5.41, 5.74) is 2.22. The van der Waals surface area contributed by atoms with Gasteiger partial charge in [-0.2, -0.15) is 0 Å². The molecule has 0 fully saturated rings. The first kappa shape index (κ1) is 19.5. The Bertz CT molecular complexity index is 655. The second-order valence-electron chi connectivity index (χ2n) is 6.52. The number of esters is 1. The third-order valence-electron chi connectivity index (χ3n) is 3.85. The Labute approximate surface area is 140 Å². The van der Waals surface area contributed by atoms with Gasteiger partial charge in [-0.25, -0.2) is 4.79 Å². The normalized spacial score (nSPS) is 12.7. The number of hydrogen-bond donors (Lipinski definition) is 0. The van der Waals surface area contributed by atoms with Crippen LogP contribution in [0.4, 0.5) is 0 Å². The van der Waals surface area contributed by atoms with Crippen molar-refractivity contribution in [1.29, 1.82) is 0 Å². The Hall–Kier alpha value is -1.59. The second kappa shape index (κ2) is 7.79. The fraction of sp³-hybridized carbons (Fsp3) is 0.500. The van der Waals surface area contributed by atoms with E-state index in [-0.39, 0.29) is 18.4 Å². The number of ether oxygens (including phenoxy) is 1. The average Bonchev–Trinajstić information content (AvgIpc) is 2.87. The third-order valence-corrected chi connectivity index (χ3v) is 6.96. The van der Waals surface area contributed by atoms with Gasteiger partial charge < -0.3 is 13.6 Å². The second-order valence-corrected chi connectivity index (χ2v) is 9.87. The van der Waals surface area contributed by atoms with Crippen molar-refractivity contribution in [3.63, 3.8) is 0 Å². The monoisotopic (exact) mass is 336 g/mol. The van der Waals surface area contributed by atoms with Crippen molar-refractivity contribution in [3.8, 4) is 0 Å². The molecule has 4 nitrogen and oxygen atoms in total. The van der Waals surface area contributed by atoms with Crippen molar-refractivity contribution in [3.05, 3.63) is 35.6 Å². The van der Waals surface area contributed by atoms with Crippen LogP contribution in [0.1, 0.15) is 51.0 Å². The molecule has 1 aromatic carbocycles. The number of carbonyl (C=O) groups excluding carboxylic acids is 1. The lowest BCUT2D eigenvalue weighted by atomic mass is 10.1. The molecule has 0 saturated carbocycles. The largest absolute Gasteiger partial charge is 0.463 e. The van der Waals surface area contributed by atoms with Crippen molar-refractivity contribution < 1.29 is 18.4 Å². The van der Waals surface area contributed by atoms with E-state index >= 15 is 0 Å². The fourth-order valence-electron chi connectivity index (χ4n) is 2.00. The molecule has 23 heavy (non-hydrogen) atoms. The molecule has 1 heterocycles. The van der Waals surface area contributed by atoms with Gasteiger partial charge in [0.1, 0.15) is 17.4 Å². The molecule has 0 N–H and O–H groups in total. The number of fused-ring (bicyclic) bond motifs is 1. The first-order valence-corrected chi connectivity index (χ1v) is 9.82. The van der Waals surface area contributed by atoms with E-state index in [0.29, 0.717) is 24.4 Å². The molecule has 1 aromatic heterocycles. The summed E-state index contributed by atoms with van der Waals surface area (Å²) < 4.78 is 16.5. The summed E-state index contributed by atoms with van der Waals surface area (Å²) in [6.07, 6.45) is 1.46. The van der Waals surface area contributed by atoms with E-state index in [4.69, 9.17) is 13.6 Å². The number of hydrogen-bond acceptors (Lipinski definition) is 4. The van der Waals surface area contributed by atoms with Crippen LogP contribution in [-0.2, 0) is 15.8 Å². The van der Waals surface area contributed by atoms with Gasteiger partial charge in [0.05, 0.1) is 13.2 Å². The zero-order valence-electron chi connectivity index (χ0n) is 13.9. The first-order chi connectivity index (χ1) is 10.3. The van der Waals surface area contributed by atoms with E-state index in [2.05, 4.69) is 27.3 Å². The maximum absolute atomic E-state index is 11.8. The van der Waals surface area contributed by atoms with E-state index in [0.717, 1.165) is 10.9 Å². The van der Waals surface area contributed by atoms with Gasteiger partial charge in [-0.3, -0.25) is 0 Å². The molecule has 0 radical (unpaired) electrons. The van der Waals surface area contributed by atoms with E-state index in [1.54, 1.807) is 6.92 Å². The van der Waals surface area contributed by atoms with Crippen molar-refractivity contribution in [2.45, 2.75) is 53.3 Å². The van der Waals surface area contributed by atoms with Crippen LogP contribution in [-0.4, -0.2) is 21.6 Å². The lowest BCUT2D eigenvalue weighted by molar-refractivity contribution is 0.0527. The van der Waals surface area contributed by atoms with Crippen LogP contribution in [0.3, 0.4) is 0 Å². The first-order valence-electron chi connectivity index (χ1n) is 7.61. The molecular formula is C18H28O4Si. The Morgan fingerprint density at radius 1 is 1.30 bits per heavy atom. The fourth-order valence-corrected chi connectivity index (χ4v) is 2.94. The van der Waals surface area contributed by atoms with Gasteiger partial charge in [-0.1, -0.05) is 34.3 Å². The molecule has 5 heteroatoms. The highest BCUT2D eigenvalue weighted by atomic mass is 28.3. The molecule has 2 rings (SSSR count). The van der Waals surface area contributed by atoms with Gasteiger partial charge >= 0.3 is 5.97 Å². The van der Waals surface area contributed by atoms with Crippen LogP contribution >= 0.6 is 0 Å². The predicted molar refractivity (Wildman–Crippen MR) is 96.4 cm³/mol. The summed E-state index contributed by atoms with van der Waals surface area (Å²) in [6, 6.07) is 5.80. The Morgan fingerprint density at radius 3 is 2.61 bits per heavy atom. The summed E-state index contributed by atoms with van der Waals surface area (Å²) >= 11 is 0. The minimum atomic E-state index is -1.25. The number of benzene rings is 1. The van der Waals surface area contributed by atoms with E-state index in [9.17, 15) is 4.79 Å². The molecule has 0 saturated heterocycles. The van der Waals surface area contributed by atoms with Gasteiger partial charge in [0.25, 0.3) is 0 Å². The van der Waals surface area contributed by atoms with Crippen molar-refractivity contribution >= 4 is 26.0 Å². The molecule has 0 aliphatic rings. The quantitative estimate of drug-likeness (QED) is 0.574. The Kier molecular flexibility index (Phi) is 6.59. The lowest BCUT2D eigenvalue weighted by Gasteiger charge is -2.25. The average molecular weight is 337 g/mol. The molecule has 0 bridgehead atoms. The highest BCUT2D eigenvalue weighted by molar-refractivity contribution is 6.53. The van der Waals surface area contributed by atoms with Crippen LogP contribution in [0.15, 0.2) is 28.9 Å². The van der Waals surface area contributed by atoms with Gasteiger partial charge in [0.2, 0.25) is 0 Å². The summed E-state index contributed by atoms with van der Waals surface area (Å²) in [4.78, 5) is 11.8. The van der Waals surface area contributed by atoms with Crippen molar-refractivity contribution in [2.75, 3.05) is 6.61 Å². The minimum Gasteiger partial charge on any atom is -0.463 e. The molecule has 1 atom stereocenters. The van der Waals surface area contributed by atoms with Gasteiger partial charge in [-0.05, 0) is 36.2 Å². The maximum atomic E-state index is 11.8. The highest BCUT2D eigenvalue weighted by Crippen LogP contribution is 2.28. The molecule has 2 aromatic rings. The molecule has 0 aliphatic heterocycles. The van der Waals surface area contributed by atoms with Crippen molar-refractivity contribution in [2.24, 2.45) is 0 Å². The molecule has 0 aliphatic carbocycles. The lowest BCUT2D eigenvalue weighted by Crippen LogP contribution is -2.25. The molecule has 128 valence electrons.